The normalized spacial score (nSPS) is 10.6. The number of aryl methyl sites for hydroxylation is 1. The van der Waals surface area contributed by atoms with Crippen LogP contribution in [-0.4, -0.2) is 38.6 Å². The highest BCUT2D eigenvalue weighted by Gasteiger charge is 2.18. The molecule has 0 saturated carbocycles. The second-order valence-corrected chi connectivity index (χ2v) is 3.90. The number of hydrogen-bond acceptors (Lipinski definition) is 5. The summed E-state index contributed by atoms with van der Waals surface area (Å²) in [5.74, 6) is -1.17. The molecular weight excluding hydrogens is 252 g/mol. The SMILES string of the molecule is COC(=O)c1nc(CCC(=O)O)n2ccc(O)cc12. The summed E-state index contributed by atoms with van der Waals surface area (Å²) in [4.78, 5) is 26.3. The average Bonchev–Trinajstić information content (AvgIpc) is 2.73. The van der Waals surface area contributed by atoms with Gasteiger partial charge in [0, 0.05) is 18.7 Å². The highest BCUT2D eigenvalue weighted by atomic mass is 16.5. The van der Waals surface area contributed by atoms with E-state index in [4.69, 9.17) is 5.11 Å². The Kier molecular flexibility index (Phi) is 3.37. The van der Waals surface area contributed by atoms with Gasteiger partial charge in [0.2, 0.25) is 0 Å². The Morgan fingerprint density at radius 3 is 2.84 bits per heavy atom. The third-order valence-electron chi connectivity index (χ3n) is 2.64. The van der Waals surface area contributed by atoms with Crippen LogP contribution in [0.15, 0.2) is 18.3 Å². The van der Waals surface area contributed by atoms with Crippen molar-refractivity contribution in [2.24, 2.45) is 0 Å². The van der Waals surface area contributed by atoms with E-state index >= 15 is 0 Å². The van der Waals surface area contributed by atoms with Crippen molar-refractivity contribution in [1.29, 1.82) is 0 Å². The first-order chi connectivity index (χ1) is 9.02. The topological polar surface area (TPSA) is 101 Å². The first-order valence-corrected chi connectivity index (χ1v) is 5.53. The third kappa shape index (κ3) is 2.49. The van der Waals surface area contributed by atoms with E-state index < -0.39 is 11.9 Å². The molecule has 2 aromatic rings. The van der Waals surface area contributed by atoms with Crippen molar-refractivity contribution in [3.8, 4) is 5.75 Å². The number of carboxylic acid groups (broad SMARTS) is 1. The Morgan fingerprint density at radius 2 is 2.21 bits per heavy atom. The summed E-state index contributed by atoms with van der Waals surface area (Å²) >= 11 is 0. The molecule has 100 valence electrons. The number of hydrogen-bond donors (Lipinski definition) is 2. The lowest BCUT2D eigenvalue weighted by molar-refractivity contribution is -0.137. The lowest BCUT2D eigenvalue weighted by atomic mass is 10.3. The molecule has 2 aromatic heterocycles. The standard InChI is InChI=1S/C12H12N2O5/c1-19-12(18)11-8-6-7(15)4-5-14(8)9(13-11)2-3-10(16)17/h4-6,15H,2-3H2,1H3,(H,16,17). The second-order valence-electron chi connectivity index (χ2n) is 3.90. The molecule has 0 aliphatic heterocycles. The highest BCUT2D eigenvalue weighted by Crippen LogP contribution is 2.20. The maximum absolute atomic E-state index is 11.6. The Balaban J connectivity index is 2.53. The summed E-state index contributed by atoms with van der Waals surface area (Å²) in [6.45, 7) is 0. The van der Waals surface area contributed by atoms with Gasteiger partial charge in [-0.3, -0.25) is 4.79 Å². The smallest absolute Gasteiger partial charge is 0.358 e. The molecule has 0 aliphatic rings. The molecule has 19 heavy (non-hydrogen) atoms. The number of pyridine rings is 1. The minimum absolute atomic E-state index is 0.0117. The van der Waals surface area contributed by atoms with Crippen molar-refractivity contribution < 1.29 is 24.5 Å². The minimum Gasteiger partial charge on any atom is -0.508 e. The van der Waals surface area contributed by atoms with Crippen LogP contribution in [0.25, 0.3) is 5.52 Å². The van der Waals surface area contributed by atoms with Gasteiger partial charge in [0.15, 0.2) is 5.69 Å². The van der Waals surface area contributed by atoms with Crippen molar-refractivity contribution >= 4 is 17.5 Å². The van der Waals surface area contributed by atoms with Crippen LogP contribution in [0.5, 0.6) is 5.75 Å². The van der Waals surface area contributed by atoms with Crippen molar-refractivity contribution in [3.63, 3.8) is 0 Å². The molecular formula is C12H12N2O5. The van der Waals surface area contributed by atoms with E-state index in [1.54, 1.807) is 4.40 Å². The first-order valence-electron chi connectivity index (χ1n) is 5.53. The number of carbonyl (C=O) groups is 2. The van der Waals surface area contributed by atoms with Gasteiger partial charge in [0.1, 0.15) is 11.6 Å². The van der Waals surface area contributed by atoms with Crippen LogP contribution in [0.2, 0.25) is 0 Å². The van der Waals surface area contributed by atoms with E-state index in [9.17, 15) is 14.7 Å². The van der Waals surface area contributed by atoms with E-state index in [2.05, 4.69) is 9.72 Å². The molecule has 0 spiro atoms. The first kappa shape index (κ1) is 12.9. The summed E-state index contributed by atoms with van der Waals surface area (Å²) in [7, 11) is 1.23. The molecule has 0 fully saturated rings. The predicted molar refractivity (Wildman–Crippen MR) is 64.2 cm³/mol. The fourth-order valence-corrected chi connectivity index (χ4v) is 1.78. The summed E-state index contributed by atoms with van der Waals surface area (Å²) in [5.41, 5.74) is 0.436. The lowest BCUT2D eigenvalue weighted by Gasteiger charge is -2.00. The van der Waals surface area contributed by atoms with Crippen LogP contribution < -0.4 is 0 Å². The maximum Gasteiger partial charge on any atom is 0.358 e. The van der Waals surface area contributed by atoms with E-state index in [1.807, 2.05) is 0 Å². The molecule has 0 radical (unpaired) electrons. The fraction of sp³-hybridized carbons (Fsp3) is 0.250. The molecule has 0 atom stereocenters. The zero-order valence-electron chi connectivity index (χ0n) is 10.2. The number of aromatic nitrogens is 2. The maximum atomic E-state index is 11.6. The lowest BCUT2D eigenvalue weighted by Crippen LogP contribution is -2.03. The molecule has 0 unspecified atom stereocenters. The van der Waals surface area contributed by atoms with Crippen molar-refractivity contribution in [2.75, 3.05) is 7.11 Å². The van der Waals surface area contributed by atoms with Gasteiger partial charge in [-0.05, 0) is 6.07 Å². The Morgan fingerprint density at radius 1 is 1.47 bits per heavy atom. The summed E-state index contributed by atoms with van der Waals surface area (Å²) < 4.78 is 6.17. The quantitative estimate of drug-likeness (QED) is 0.794. The molecule has 0 amide bonds. The average molecular weight is 264 g/mol. The summed E-state index contributed by atoms with van der Waals surface area (Å²) in [6, 6.07) is 2.81. The number of esters is 1. The van der Waals surface area contributed by atoms with Crippen molar-refractivity contribution in [2.45, 2.75) is 12.8 Å². The van der Waals surface area contributed by atoms with Gasteiger partial charge in [-0.25, -0.2) is 9.78 Å². The number of rotatable bonds is 4. The van der Waals surface area contributed by atoms with Crippen LogP contribution in [-0.2, 0) is 16.0 Å². The number of methoxy groups -OCH3 is 1. The molecule has 2 N–H and O–H groups in total. The molecule has 0 aromatic carbocycles. The Hall–Kier alpha value is -2.57. The fourth-order valence-electron chi connectivity index (χ4n) is 1.78. The van der Waals surface area contributed by atoms with Crippen LogP contribution >= 0.6 is 0 Å². The number of aliphatic carboxylic acids is 1. The molecule has 0 bridgehead atoms. The van der Waals surface area contributed by atoms with Gasteiger partial charge >= 0.3 is 11.9 Å². The van der Waals surface area contributed by atoms with Gasteiger partial charge in [0.05, 0.1) is 19.0 Å². The van der Waals surface area contributed by atoms with Crippen LogP contribution in [0.1, 0.15) is 22.7 Å². The van der Waals surface area contributed by atoms with E-state index in [0.29, 0.717) is 11.3 Å². The monoisotopic (exact) mass is 264 g/mol. The number of nitrogens with zero attached hydrogens (tertiary/aromatic N) is 2. The largest absolute Gasteiger partial charge is 0.508 e. The van der Waals surface area contributed by atoms with Crippen molar-refractivity contribution in [3.05, 3.63) is 29.8 Å². The predicted octanol–water partition coefficient (Wildman–Crippen LogP) is 0.844. The van der Waals surface area contributed by atoms with Gasteiger partial charge < -0.3 is 19.4 Å². The minimum atomic E-state index is -0.949. The second kappa shape index (κ2) is 4.97. The molecule has 2 heterocycles. The number of aromatic hydroxyl groups is 1. The van der Waals surface area contributed by atoms with Gasteiger partial charge in [-0.15, -0.1) is 0 Å². The van der Waals surface area contributed by atoms with Gasteiger partial charge in [-0.2, -0.15) is 0 Å². The molecule has 0 aliphatic carbocycles. The van der Waals surface area contributed by atoms with Crippen molar-refractivity contribution in [1.82, 2.24) is 9.38 Å². The van der Waals surface area contributed by atoms with Crippen LogP contribution in [0.4, 0.5) is 0 Å². The number of carboxylic acids is 1. The molecule has 7 nitrogen and oxygen atoms in total. The van der Waals surface area contributed by atoms with Gasteiger partial charge in [0.25, 0.3) is 0 Å². The Labute approximate surface area is 108 Å². The van der Waals surface area contributed by atoms with E-state index in [0.717, 1.165) is 0 Å². The molecule has 7 heteroatoms. The zero-order chi connectivity index (χ0) is 14.0. The van der Waals surface area contributed by atoms with E-state index in [-0.39, 0.29) is 24.3 Å². The van der Waals surface area contributed by atoms with E-state index in [1.165, 1.54) is 25.4 Å². The summed E-state index contributed by atoms with van der Waals surface area (Å²) in [5, 5.41) is 18.1. The van der Waals surface area contributed by atoms with Crippen LogP contribution in [0, 0.1) is 0 Å². The van der Waals surface area contributed by atoms with Crippen LogP contribution in [0.3, 0.4) is 0 Å². The third-order valence-corrected chi connectivity index (χ3v) is 2.64. The number of carbonyl (C=O) groups excluding carboxylic acids is 1. The number of imidazole rings is 1. The zero-order valence-corrected chi connectivity index (χ0v) is 10.2. The number of fused-ring (bicyclic) bond motifs is 1. The summed E-state index contributed by atoms with van der Waals surface area (Å²) in [6.07, 6.45) is 1.61. The number of ether oxygens (including phenoxy) is 1. The van der Waals surface area contributed by atoms with Gasteiger partial charge in [-0.1, -0.05) is 0 Å². The Bertz CT molecular complexity index is 647. The molecule has 0 saturated heterocycles. The molecule has 2 rings (SSSR count). The highest BCUT2D eigenvalue weighted by molar-refractivity contribution is 5.95.